The van der Waals surface area contributed by atoms with E-state index in [1.165, 1.54) is 24.0 Å². The van der Waals surface area contributed by atoms with Crippen LogP contribution in [0, 0.1) is 0 Å². The molecule has 1 aliphatic rings. The van der Waals surface area contributed by atoms with Gasteiger partial charge in [0.1, 0.15) is 0 Å². The molecule has 0 amide bonds. The lowest BCUT2D eigenvalue weighted by atomic mass is 10.1. The molecule has 1 saturated heterocycles. The van der Waals surface area contributed by atoms with Crippen LogP contribution in [0.5, 0.6) is 0 Å². The molecule has 1 aliphatic heterocycles. The summed E-state index contributed by atoms with van der Waals surface area (Å²) in [6.45, 7) is 5.04. The first-order valence-corrected chi connectivity index (χ1v) is 9.22. The van der Waals surface area contributed by atoms with Crippen LogP contribution in [0.4, 0.5) is 0 Å². The van der Waals surface area contributed by atoms with Gasteiger partial charge in [-0.3, -0.25) is 14.6 Å². The molecule has 3 rings (SSSR count). The Bertz CT molecular complexity index is 705. The third kappa shape index (κ3) is 4.75. The number of nitrogens with zero attached hydrogens (tertiary/aromatic N) is 2. The van der Waals surface area contributed by atoms with Crippen molar-refractivity contribution in [2.45, 2.75) is 6.54 Å². The highest BCUT2D eigenvalue weighted by Gasteiger charge is 2.20. The van der Waals surface area contributed by atoms with Crippen LogP contribution in [-0.4, -0.2) is 61.4 Å². The van der Waals surface area contributed by atoms with Crippen LogP contribution >= 0.6 is 11.3 Å². The molecular weight excluding hydrogens is 336 g/mol. The van der Waals surface area contributed by atoms with Crippen molar-refractivity contribution in [1.29, 1.82) is 0 Å². The number of thiophene rings is 1. The van der Waals surface area contributed by atoms with E-state index in [9.17, 15) is 9.59 Å². The highest BCUT2D eigenvalue weighted by Crippen LogP contribution is 2.13. The fourth-order valence-corrected chi connectivity index (χ4v) is 3.60. The Morgan fingerprint density at radius 3 is 2.32 bits per heavy atom. The number of carbonyl (C=O) groups excluding carboxylic acids is 2. The first-order valence-electron chi connectivity index (χ1n) is 8.34. The van der Waals surface area contributed by atoms with Crippen molar-refractivity contribution in [3.63, 3.8) is 0 Å². The summed E-state index contributed by atoms with van der Waals surface area (Å²) in [7, 11) is 1.39. The predicted octanol–water partition coefficient (Wildman–Crippen LogP) is 2.54. The highest BCUT2D eigenvalue weighted by atomic mass is 32.1. The maximum atomic E-state index is 12.2. The quantitative estimate of drug-likeness (QED) is 0.587. The molecule has 25 heavy (non-hydrogen) atoms. The number of benzene rings is 1. The Hall–Kier alpha value is -2.02. The van der Waals surface area contributed by atoms with Crippen molar-refractivity contribution in [3.05, 3.63) is 57.8 Å². The number of methoxy groups -OCH3 is 1. The van der Waals surface area contributed by atoms with Gasteiger partial charge < -0.3 is 4.74 Å². The summed E-state index contributed by atoms with van der Waals surface area (Å²) in [5.74, 6) is -0.0996. The average molecular weight is 358 g/mol. The van der Waals surface area contributed by atoms with Crippen LogP contribution in [-0.2, 0) is 11.3 Å². The Morgan fingerprint density at radius 1 is 1.04 bits per heavy atom. The molecule has 1 aromatic carbocycles. The van der Waals surface area contributed by atoms with E-state index < -0.39 is 0 Å². The number of piperazine rings is 1. The zero-order valence-corrected chi connectivity index (χ0v) is 15.1. The molecule has 0 atom stereocenters. The molecule has 0 spiro atoms. The van der Waals surface area contributed by atoms with Gasteiger partial charge in [-0.25, -0.2) is 4.79 Å². The molecule has 6 heteroatoms. The van der Waals surface area contributed by atoms with Gasteiger partial charge >= 0.3 is 5.97 Å². The summed E-state index contributed by atoms with van der Waals surface area (Å²) in [5, 5.41) is 1.94. The van der Waals surface area contributed by atoms with Gasteiger partial charge in [0.15, 0.2) is 5.78 Å². The number of esters is 1. The SMILES string of the molecule is COC(=O)c1ccc(CN2CCN(CC(=O)c3cccs3)CC2)cc1. The van der Waals surface area contributed by atoms with Crippen molar-refractivity contribution in [2.24, 2.45) is 0 Å². The average Bonchev–Trinajstić information content (AvgIpc) is 3.18. The minimum Gasteiger partial charge on any atom is -0.465 e. The van der Waals surface area contributed by atoms with Crippen molar-refractivity contribution >= 4 is 23.1 Å². The molecule has 1 aromatic heterocycles. The van der Waals surface area contributed by atoms with Gasteiger partial charge in [0.05, 0.1) is 24.1 Å². The van der Waals surface area contributed by atoms with Gasteiger partial charge in [-0.2, -0.15) is 0 Å². The van der Waals surface area contributed by atoms with E-state index in [1.807, 2.05) is 29.6 Å². The van der Waals surface area contributed by atoms with E-state index in [2.05, 4.69) is 9.80 Å². The monoisotopic (exact) mass is 358 g/mol. The number of hydrogen-bond donors (Lipinski definition) is 0. The Labute approximate surface area is 151 Å². The maximum Gasteiger partial charge on any atom is 0.337 e. The van der Waals surface area contributed by atoms with Crippen LogP contribution < -0.4 is 0 Å². The topological polar surface area (TPSA) is 49.9 Å². The van der Waals surface area contributed by atoms with E-state index in [0.29, 0.717) is 12.1 Å². The first kappa shape index (κ1) is 17.8. The molecule has 1 fully saturated rings. The lowest BCUT2D eigenvalue weighted by molar-refractivity contribution is 0.0600. The second-order valence-electron chi connectivity index (χ2n) is 6.14. The number of rotatable bonds is 6. The van der Waals surface area contributed by atoms with E-state index >= 15 is 0 Å². The van der Waals surface area contributed by atoms with Gasteiger partial charge in [-0.05, 0) is 29.1 Å². The summed E-state index contributed by atoms with van der Waals surface area (Å²) < 4.78 is 4.71. The Balaban J connectivity index is 1.46. The summed E-state index contributed by atoms with van der Waals surface area (Å²) in [6, 6.07) is 11.4. The minimum atomic E-state index is -0.310. The van der Waals surface area contributed by atoms with Gasteiger partial charge in [-0.15, -0.1) is 11.3 Å². The molecule has 0 unspecified atom stereocenters. The second-order valence-corrected chi connectivity index (χ2v) is 7.09. The summed E-state index contributed by atoms with van der Waals surface area (Å²) >= 11 is 1.51. The predicted molar refractivity (Wildman–Crippen MR) is 98.1 cm³/mol. The van der Waals surface area contributed by atoms with Crippen LogP contribution in [0.3, 0.4) is 0 Å². The fraction of sp³-hybridized carbons (Fsp3) is 0.368. The minimum absolute atomic E-state index is 0.210. The highest BCUT2D eigenvalue weighted by molar-refractivity contribution is 7.12. The van der Waals surface area contributed by atoms with E-state index in [0.717, 1.165) is 37.6 Å². The Kier molecular flexibility index (Phi) is 5.96. The number of carbonyl (C=O) groups is 2. The fourth-order valence-electron chi connectivity index (χ4n) is 2.95. The second kappa shape index (κ2) is 8.38. The smallest absolute Gasteiger partial charge is 0.337 e. The lowest BCUT2D eigenvalue weighted by Crippen LogP contribution is -2.47. The van der Waals surface area contributed by atoms with Crippen molar-refractivity contribution in [2.75, 3.05) is 39.8 Å². The summed E-state index contributed by atoms with van der Waals surface area (Å²) in [6.07, 6.45) is 0. The molecule has 132 valence electrons. The van der Waals surface area contributed by atoms with Gasteiger partial charge in [0.2, 0.25) is 0 Å². The maximum absolute atomic E-state index is 12.2. The van der Waals surface area contributed by atoms with Crippen LogP contribution in [0.1, 0.15) is 25.6 Å². The van der Waals surface area contributed by atoms with Crippen molar-refractivity contribution < 1.29 is 14.3 Å². The Morgan fingerprint density at radius 2 is 1.72 bits per heavy atom. The molecule has 0 aliphatic carbocycles. The third-order valence-electron chi connectivity index (χ3n) is 4.41. The van der Waals surface area contributed by atoms with E-state index in [1.54, 1.807) is 12.1 Å². The molecule has 2 heterocycles. The number of ether oxygens (including phenoxy) is 1. The van der Waals surface area contributed by atoms with Crippen LogP contribution in [0.15, 0.2) is 41.8 Å². The van der Waals surface area contributed by atoms with E-state index in [-0.39, 0.29) is 11.8 Å². The molecule has 0 saturated carbocycles. The van der Waals surface area contributed by atoms with Gasteiger partial charge in [0.25, 0.3) is 0 Å². The van der Waals surface area contributed by atoms with E-state index in [4.69, 9.17) is 4.74 Å². The van der Waals surface area contributed by atoms with Crippen molar-refractivity contribution in [1.82, 2.24) is 9.80 Å². The number of ketones is 1. The summed E-state index contributed by atoms with van der Waals surface area (Å²) in [5.41, 5.74) is 1.75. The zero-order valence-electron chi connectivity index (χ0n) is 14.3. The molecule has 2 aromatic rings. The summed E-state index contributed by atoms with van der Waals surface area (Å²) in [4.78, 5) is 29.1. The molecule has 5 nitrogen and oxygen atoms in total. The normalized spacial score (nSPS) is 15.9. The third-order valence-corrected chi connectivity index (χ3v) is 5.32. The van der Waals surface area contributed by atoms with Gasteiger partial charge in [-0.1, -0.05) is 18.2 Å². The first-order chi connectivity index (χ1) is 12.2. The molecular formula is C19H22N2O3S. The zero-order chi connectivity index (χ0) is 17.6. The lowest BCUT2D eigenvalue weighted by Gasteiger charge is -2.34. The van der Waals surface area contributed by atoms with Crippen LogP contribution in [0.25, 0.3) is 0 Å². The molecule has 0 radical (unpaired) electrons. The molecule has 0 N–H and O–H groups in total. The number of Topliss-reactive ketones (excluding diaryl/α,β-unsaturated/α-hetero) is 1. The van der Waals surface area contributed by atoms with Crippen LogP contribution in [0.2, 0.25) is 0 Å². The molecule has 0 bridgehead atoms. The van der Waals surface area contributed by atoms with Gasteiger partial charge in [0, 0.05) is 32.7 Å². The largest absolute Gasteiger partial charge is 0.465 e. The standard InChI is InChI=1S/C19H22N2O3S/c1-24-19(23)16-6-4-15(5-7-16)13-20-8-10-21(11-9-20)14-17(22)18-3-2-12-25-18/h2-7,12H,8-11,13-14H2,1H3. The number of hydrogen-bond acceptors (Lipinski definition) is 6. The van der Waals surface area contributed by atoms with Crippen molar-refractivity contribution in [3.8, 4) is 0 Å².